The molecule has 0 spiro atoms. The number of hydrogen-bond donors (Lipinski definition) is 2. The van der Waals surface area contributed by atoms with Gasteiger partial charge in [0.1, 0.15) is 5.00 Å². The summed E-state index contributed by atoms with van der Waals surface area (Å²) in [6, 6.07) is 3.98. The third-order valence-electron chi connectivity index (χ3n) is 6.88. The molecule has 0 radical (unpaired) electrons. The van der Waals surface area contributed by atoms with Gasteiger partial charge in [0.15, 0.2) is 17.3 Å². The van der Waals surface area contributed by atoms with Crippen molar-refractivity contribution in [2.24, 2.45) is 0 Å². The predicted octanol–water partition coefficient (Wildman–Crippen LogP) is 4.52. The van der Waals surface area contributed by atoms with Crippen molar-refractivity contribution >= 4 is 40.1 Å². The number of rotatable bonds is 10. The van der Waals surface area contributed by atoms with Crippen LogP contribution < -0.4 is 10.6 Å². The van der Waals surface area contributed by atoms with Gasteiger partial charge in [-0.25, -0.2) is 14.4 Å². The zero-order chi connectivity index (χ0) is 29.5. The van der Waals surface area contributed by atoms with Crippen LogP contribution in [-0.2, 0) is 22.6 Å². The molecule has 220 valence electrons. The summed E-state index contributed by atoms with van der Waals surface area (Å²) in [5.41, 5.74) is 4.93. The normalized spacial score (nSPS) is 15.0. The van der Waals surface area contributed by atoms with E-state index in [9.17, 15) is 9.18 Å². The second kappa shape index (κ2) is 13.6. The van der Waals surface area contributed by atoms with Crippen LogP contribution in [0.1, 0.15) is 31.2 Å². The number of ether oxygens (including phenoxy) is 1. The molecule has 12 nitrogen and oxygen atoms in total. The first-order valence-electron chi connectivity index (χ1n) is 13.6. The van der Waals surface area contributed by atoms with E-state index in [-0.39, 0.29) is 5.69 Å². The number of carbonyl (C=O) groups is 1. The van der Waals surface area contributed by atoms with Gasteiger partial charge in [-0.2, -0.15) is 9.47 Å². The first kappa shape index (κ1) is 29.2. The number of carbonyl (C=O) groups excluding carboxylic acids is 1. The molecule has 0 aromatic carbocycles. The van der Waals surface area contributed by atoms with Gasteiger partial charge in [0.25, 0.3) is 0 Å². The molecule has 1 aliphatic heterocycles. The fourth-order valence-electron chi connectivity index (χ4n) is 4.89. The SMILES string of the molecule is CCn1cc(-c2cnc3c(Nc4cc(CN5CCCC5COC)ns4)nc(C)cn23)cn1.O=CNc1ccncc1F. The molecular weight excluding hydrogens is 559 g/mol. The second-order valence-corrected chi connectivity index (χ2v) is 10.6. The summed E-state index contributed by atoms with van der Waals surface area (Å²) >= 11 is 1.46. The number of anilines is 3. The molecular formula is C28H33FN10O2S. The topological polar surface area (TPSA) is 127 Å². The van der Waals surface area contributed by atoms with E-state index < -0.39 is 5.82 Å². The van der Waals surface area contributed by atoms with E-state index in [1.165, 1.54) is 36.6 Å². The van der Waals surface area contributed by atoms with Crippen LogP contribution in [0.5, 0.6) is 0 Å². The number of methoxy groups -OCH3 is 1. The number of nitrogens with one attached hydrogen (secondary N) is 2. The molecule has 1 saturated heterocycles. The Balaban J connectivity index is 0.000000300. The van der Waals surface area contributed by atoms with E-state index in [1.54, 1.807) is 7.11 Å². The molecule has 6 heterocycles. The molecule has 1 amide bonds. The van der Waals surface area contributed by atoms with E-state index in [2.05, 4.69) is 52.4 Å². The van der Waals surface area contributed by atoms with Gasteiger partial charge >= 0.3 is 0 Å². The molecule has 1 aliphatic rings. The number of halogens is 1. The van der Waals surface area contributed by atoms with E-state index in [0.29, 0.717) is 12.5 Å². The molecule has 1 fully saturated rings. The lowest BCUT2D eigenvalue weighted by Gasteiger charge is -2.22. The zero-order valence-electron chi connectivity index (χ0n) is 23.7. The predicted molar refractivity (Wildman–Crippen MR) is 159 cm³/mol. The molecule has 0 aliphatic carbocycles. The van der Waals surface area contributed by atoms with Crippen LogP contribution >= 0.6 is 11.5 Å². The van der Waals surface area contributed by atoms with Gasteiger partial charge < -0.3 is 15.4 Å². The summed E-state index contributed by atoms with van der Waals surface area (Å²) < 4.78 is 26.5. The summed E-state index contributed by atoms with van der Waals surface area (Å²) in [4.78, 5) is 25.1. The van der Waals surface area contributed by atoms with Gasteiger partial charge in [-0.1, -0.05) is 0 Å². The second-order valence-electron chi connectivity index (χ2n) is 9.80. The highest BCUT2D eigenvalue weighted by atomic mass is 32.1. The number of imidazole rings is 1. The number of likely N-dealkylation sites (tertiary alicyclic amines) is 1. The number of aryl methyl sites for hydroxylation is 2. The van der Waals surface area contributed by atoms with Crippen LogP contribution in [0, 0.1) is 12.7 Å². The molecule has 5 aromatic rings. The van der Waals surface area contributed by atoms with Crippen molar-refractivity contribution in [3.63, 3.8) is 0 Å². The Kier molecular flexibility index (Phi) is 9.46. The van der Waals surface area contributed by atoms with Crippen molar-refractivity contribution in [2.75, 3.05) is 30.9 Å². The van der Waals surface area contributed by atoms with Crippen LogP contribution in [0.15, 0.2) is 49.3 Å². The lowest BCUT2D eigenvalue weighted by Crippen LogP contribution is -2.32. The van der Waals surface area contributed by atoms with Crippen molar-refractivity contribution in [3.05, 3.63) is 66.5 Å². The molecule has 0 saturated carbocycles. The smallest absolute Gasteiger partial charge is 0.211 e. The average molecular weight is 593 g/mol. The Hall–Kier alpha value is -4.27. The van der Waals surface area contributed by atoms with Crippen LogP contribution in [0.2, 0.25) is 0 Å². The highest BCUT2D eigenvalue weighted by molar-refractivity contribution is 7.10. The number of aromatic nitrogens is 7. The number of hydrogen-bond acceptors (Lipinski definition) is 10. The zero-order valence-corrected chi connectivity index (χ0v) is 24.5. The lowest BCUT2D eigenvalue weighted by atomic mass is 10.2. The van der Waals surface area contributed by atoms with E-state index >= 15 is 0 Å². The maximum atomic E-state index is 12.5. The van der Waals surface area contributed by atoms with Gasteiger partial charge in [-0.05, 0) is 56.9 Å². The van der Waals surface area contributed by atoms with Gasteiger partial charge in [-0.3, -0.25) is 23.8 Å². The Bertz CT molecular complexity index is 1630. The summed E-state index contributed by atoms with van der Waals surface area (Å²) in [7, 11) is 1.77. The number of fused-ring (bicyclic) bond motifs is 1. The van der Waals surface area contributed by atoms with Crippen molar-refractivity contribution < 1.29 is 13.9 Å². The van der Waals surface area contributed by atoms with Crippen molar-refractivity contribution in [1.82, 2.24) is 38.4 Å². The van der Waals surface area contributed by atoms with Crippen molar-refractivity contribution in [3.8, 4) is 11.3 Å². The molecule has 2 N–H and O–H groups in total. The van der Waals surface area contributed by atoms with Gasteiger partial charge in [0.05, 0.1) is 48.0 Å². The van der Waals surface area contributed by atoms with Crippen LogP contribution in [0.25, 0.3) is 16.9 Å². The average Bonchev–Trinajstić information content (AvgIpc) is 3.79. The third kappa shape index (κ3) is 6.78. The fourth-order valence-corrected chi connectivity index (χ4v) is 5.54. The quantitative estimate of drug-likeness (QED) is 0.225. The molecule has 1 atom stereocenters. The summed E-state index contributed by atoms with van der Waals surface area (Å²) in [6.07, 6.45) is 13.0. The molecule has 5 aromatic heterocycles. The van der Waals surface area contributed by atoms with Crippen LogP contribution in [0.4, 0.5) is 20.9 Å². The summed E-state index contributed by atoms with van der Waals surface area (Å²) in [5.74, 6) is 0.197. The van der Waals surface area contributed by atoms with E-state index in [1.807, 2.05) is 36.4 Å². The van der Waals surface area contributed by atoms with Gasteiger partial charge in [0.2, 0.25) is 6.41 Å². The maximum absolute atomic E-state index is 12.5. The van der Waals surface area contributed by atoms with Crippen molar-refractivity contribution in [1.29, 1.82) is 0 Å². The highest BCUT2D eigenvalue weighted by Crippen LogP contribution is 2.29. The first-order chi connectivity index (χ1) is 20.5. The summed E-state index contributed by atoms with van der Waals surface area (Å²) in [5, 5.41) is 11.0. The standard InChI is InChI=1S/C22H28N8OS.C6H5FN2O/c1-4-29-12-16(9-24-29)19-10-23-22-21(25-15(2)11-30(19)22)26-20-8-17(27-32-20)13-28-7-5-6-18(28)14-31-3;7-5-3-8-2-1-6(5)9-4-10/h8-12,18H,4-7,13-14H2,1-3H3,(H,25,26);1-4H,(H,8,9,10). The van der Waals surface area contributed by atoms with Crippen LogP contribution in [-0.4, -0.2) is 71.1 Å². The lowest BCUT2D eigenvalue weighted by molar-refractivity contribution is -0.105. The first-order valence-corrected chi connectivity index (χ1v) is 14.4. The van der Waals surface area contributed by atoms with Gasteiger partial charge in [-0.15, -0.1) is 0 Å². The Morgan fingerprint density at radius 1 is 1.26 bits per heavy atom. The highest BCUT2D eigenvalue weighted by Gasteiger charge is 2.25. The molecule has 42 heavy (non-hydrogen) atoms. The number of nitrogens with zero attached hydrogens (tertiary/aromatic N) is 8. The largest absolute Gasteiger partial charge is 0.383 e. The monoisotopic (exact) mass is 592 g/mol. The maximum Gasteiger partial charge on any atom is 0.211 e. The van der Waals surface area contributed by atoms with E-state index in [0.717, 1.165) is 71.5 Å². The number of pyridine rings is 1. The summed E-state index contributed by atoms with van der Waals surface area (Å²) in [6.45, 7) is 7.62. The minimum atomic E-state index is -0.533. The Morgan fingerprint density at radius 2 is 2.14 bits per heavy atom. The molecule has 1 unspecified atom stereocenters. The van der Waals surface area contributed by atoms with Gasteiger partial charge in [0, 0.05) is 50.4 Å². The van der Waals surface area contributed by atoms with Crippen LogP contribution in [0.3, 0.4) is 0 Å². The molecule has 6 rings (SSSR count). The Labute approximate surface area is 246 Å². The Morgan fingerprint density at radius 3 is 2.90 bits per heavy atom. The van der Waals surface area contributed by atoms with E-state index in [4.69, 9.17) is 9.72 Å². The fraction of sp³-hybridized carbons (Fsp3) is 0.357. The van der Waals surface area contributed by atoms with Crippen molar-refractivity contribution in [2.45, 2.75) is 45.8 Å². The molecule has 14 heteroatoms. The molecule has 0 bridgehead atoms. The minimum Gasteiger partial charge on any atom is -0.383 e. The number of amides is 1. The minimum absolute atomic E-state index is 0.144. The third-order valence-corrected chi connectivity index (χ3v) is 7.62.